The van der Waals surface area contributed by atoms with E-state index in [2.05, 4.69) is 63.0 Å². The van der Waals surface area contributed by atoms with E-state index < -0.39 is 0 Å². The molecule has 1 aliphatic rings. The van der Waals surface area contributed by atoms with Crippen molar-refractivity contribution in [2.75, 3.05) is 0 Å². The van der Waals surface area contributed by atoms with Crippen molar-refractivity contribution in [2.24, 2.45) is 0 Å². The summed E-state index contributed by atoms with van der Waals surface area (Å²) in [5.74, 6) is 0.261. The lowest BCUT2D eigenvalue weighted by molar-refractivity contribution is -0.125. The van der Waals surface area contributed by atoms with Gasteiger partial charge in [-0.15, -0.1) is 0 Å². The largest absolute Gasteiger partial charge is 0.299 e. The topological polar surface area (TPSA) is 17.1 Å². The number of benzene rings is 1. The quantitative estimate of drug-likeness (QED) is 0.753. The van der Waals surface area contributed by atoms with Gasteiger partial charge in [-0.1, -0.05) is 63.0 Å². The highest BCUT2D eigenvalue weighted by Gasteiger charge is 2.50. The zero-order valence-corrected chi connectivity index (χ0v) is 11.6. The van der Waals surface area contributed by atoms with Gasteiger partial charge in [0.1, 0.15) is 9.02 Å². The number of rotatable bonds is 2. The SMILES string of the molecule is CCc1ccc(C2C(=O)CC2(Br)Br)cc1. The molecule has 0 spiro atoms. The Labute approximate surface area is 107 Å². The van der Waals surface area contributed by atoms with E-state index in [1.54, 1.807) is 0 Å². The molecule has 0 aliphatic heterocycles. The van der Waals surface area contributed by atoms with Crippen molar-refractivity contribution in [3.8, 4) is 0 Å². The molecule has 0 N–H and O–H groups in total. The lowest BCUT2D eigenvalue weighted by atomic mass is 9.78. The van der Waals surface area contributed by atoms with E-state index in [1.165, 1.54) is 5.56 Å². The number of hydrogen-bond donors (Lipinski definition) is 0. The molecule has 0 bridgehead atoms. The van der Waals surface area contributed by atoms with E-state index in [-0.39, 0.29) is 9.15 Å². The van der Waals surface area contributed by atoms with Crippen LogP contribution in [0.2, 0.25) is 0 Å². The average molecular weight is 332 g/mol. The fraction of sp³-hybridized carbons (Fsp3) is 0.417. The van der Waals surface area contributed by atoms with Gasteiger partial charge in [-0.2, -0.15) is 0 Å². The predicted octanol–water partition coefficient (Wildman–Crippen LogP) is 3.79. The van der Waals surface area contributed by atoms with E-state index in [4.69, 9.17) is 0 Å². The maximum absolute atomic E-state index is 11.5. The minimum absolute atomic E-state index is 0.0385. The Morgan fingerprint density at radius 3 is 2.33 bits per heavy atom. The maximum atomic E-state index is 11.5. The Morgan fingerprint density at radius 2 is 1.93 bits per heavy atom. The van der Waals surface area contributed by atoms with Crippen LogP contribution in [0.5, 0.6) is 0 Å². The molecule has 1 unspecified atom stereocenters. The van der Waals surface area contributed by atoms with Gasteiger partial charge in [0.15, 0.2) is 0 Å². The first kappa shape index (κ1) is 11.3. The number of alkyl halides is 2. The van der Waals surface area contributed by atoms with Gasteiger partial charge in [0, 0.05) is 6.42 Å². The number of Topliss-reactive ketones (excluding diaryl/α,β-unsaturated/α-hetero) is 1. The smallest absolute Gasteiger partial charge is 0.144 e. The van der Waals surface area contributed by atoms with Crippen molar-refractivity contribution >= 4 is 37.6 Å². The van der Waals surface area contributed by atoms with Gasteiger partial charge >= 0.3 is 0 Å². The first-order valence-electron chi connectivity index (χ1n) is 5.04. The zero-order chi connectivity index (χ0) is 11.1. The molecule has 3 heteroatoms. The van der Waals surface area contributed by atoms with E-state index in [0.29, 0.717) is 12.2 Å². The molecule has 0 heterocycles. The summed E-state index contributed by atoms with van der Waals surface area (Å²) in [5.41, 5.74) is 2.40. The van der Waals surface area contributed by atoms with Crippen LogP contribution in [0.25, 0.3) is 0 Å². The molecule has 1 atom stereocenters. The number of halogens is 2. The number of aryl methyl sites for hydroxylation is 1. The zero-order valence-electron chi connectivity index (χ0n) is 8.47. The van der Waals surface area contributed by atoms with Crippen LogP contribution in [-0.2, 0) is 11.2 Å². The lowest BCUT2D eigenvalue weighted by Gasteiger charge is -2.39. The molecule has 2 rings (SSSR count). The normalized spacial score (nSPS) is 23.7. The Kier molecular flexibility index (Phi) is 3.04. The van der Waals surface area contributed by atoms with E-state index in [1.807, 2.05) is 0 Å². The van der Waals surface area contributed by atoms with Crippen molar-refractivity contribution in [2.45, 2.75) is 28.9 Å². The fourth-order valence-electron chi connectivity index (χ4n) is 1.92. The highest BCUT2D eigenvalue weighted by atomic mass is 79.9. The summed E-state index contributed by atoms with van der Waals surface area (Å²) in [4.78, 5) is 11.5. The molecule has 1 saturated carbocycles. The highest BCUT2D eigenvalue weighted by molar-refractivity contribution is 9.25. The van der Waals surface area contributed by atoms with Crippen LogP contribution in [0, 0.1) is 0 Å². The molecule has 1 aromatic carbocycles. The summed E-state index contributed by atoms with van der Waals surface area (Å²) in [6, 6.07) is 8.30. The molecule has 0 aromatic heterocycles. The standard InChI is InChI=1S/C12H12Br2O/c1-2-8-3-5-9(6-4-8)11-10(15)7-12(11,13)14/h3-6,11H,2,7H2,1H3. The van der Waals surface area contributed by atoms with Crippen molar-refractivity contribution < 1.29 is 4.79 Å². The Bertz CT molecular complexity index is 381. The second-order valence-corrected chi connectivity index (χ2v) is 7.83. The molecule has 0 radical (unpaired) electrons. The van der Waals surface area contributed by atoms with Crippen LogP contribution in [0.15, 0.2) is 24.3 Å². The van der Waals surface area contributed by atoms with Crippen molar-refractivity contribution in [1.29, 1.82) is 0 Å². The van der Waals surface area contributed by atoms with Gasteiger partial charge in [-0.3, -0.25) is 4.79 Å². The summed E-state index contributed by atoms with van der Waals surface area (Å²) in [6.07, 6.45) is 1.60. The molecule has 1 fully saturated rings. The van der Waals surface area contributed by atoms with E-state index in [0.717, 1.165) is 12.0 Å². The van der Waals surface area contributed by atoms with Gasteiger partial charge in [-0.25, -0.2) is 0 Å². The third kappa shape index (κ3) is 2.04. The van der Waals surface area contributed by atoms with Gasteiger partial charge in [0.05, 0.1) is 5.92 Å². The predicted molar refractivity (Wildman–Crippen MR) is 68.8 cm³/mol. The summed E-state index contributed by atoms with van der Waals surface area (Å²) >= 11 is 7.08. The van der Waals surface area contributed by atoms with Crippen LogP contribution in [-0.4, -0.2) is 9.02 Å². The van der Waals surface area contributed by atoms with Gasteiger partial charge < -0.3 is 0 Å². The maximum Gasteiger partial charge on any atom is 0.144 e. The summed E-state index contributed by atoms with van der Waals surface area (Å²) in [5, 5.41) is 0. The molecular formula is C12H12Br2O. The van der Waals surface area contributed by atoms with Crippen LogP contribution in [0.3, 0.4) is 0 Å². The molecule has 1 aromatic rings. The highest BCUT2D eigenvalue weighted by Crippen LogP contribution is 2.53. The van der Waals surface area contributed by atoms with Crippen LogP contribution < -0.4 is 0 Å². The molecule has 0 amide bonds. The summed E-state index contributed by atoms with van der Waals surface area (Å²) < 4.78 is -0.217. The third-order valence-corrected chi connectivity index (χ3v) is 4.35. The second-order valence-electron chi connectivity index (χ2n) is 3.93. The molecule has 15 heavy (non-hydrogen) atoms. The Hall–Kier alpha value is -0.150. The van der Waals surface area contributed by atoms with Crippen molar-refractivity contribution in [1.82, 2.24) is 0 Å². The average Bonchev–Trinajstić information content (AvgIpc) is 2.17. The molecule has 80 valence electrons. The van der Waals surface area contributed by atoms with E-state index >= 15 is 0 Å². The van der Waals surface area contributed by atoms with Crippen molar-refractivity contribution in [3.05, 3.63) is 35.4 Å². The summed E-state index contributed by atoms with van der Waals surface area (Å²) in [6.45, 7) is 2.13. The molecule has 1 nitrogen and oxygen atoms in total. The van der Waals surface area contributed by atoms with Crippen LogP contribution in [0.4, 0.5) is 0 Å². The third-order valence-electron chi connectivity index (χ3n) is 2.88. The minimum Gasteiger partial charge on any atom is -0.299 e. The lowest BCUT2D eigenvalue weighted by Crippen LogP contribution is -2.43. The number of carbonyl (C=O) groups excluding carboxylic acids is 1. The molecule has 0 saturated heterocycles. The van der Waals surface area contributed by atoms with E-state index in [9.17, 15) is 4.79 Å². The fourth-order valence-corrected chi connectivity index (χ4v) is 3.51. The first-order valence-corrected chi connectivity index (χ1v) is 6.62. The number of carbonyl (C=O) groups is 1. The Balaban J connectivity index is 2.26. The molecular weight excluding hydrogens is 320 g/mol. The van der Waals surface area contributed by atoms with Gasteiger partial charge in [0.25, 0.3) is 0 Å². The Morgan fingerprint density at radius 1 is 1.33 bits per heavy atom. The van der Waals surface area contributed by atoms with Crippen LogP contribution in [0.1, 0.15) is 30.4 Å². The summed E-state index contributed by atoms with van der Waals surface area (Å²) in [7, 11) is 0. The minimum atomic E-state index is -0.217. The number of ketones is 1. The monoisotopic (exact) mass is 330 g/mol. The second kappa shape index (κ2) is 4.02. The van der Waals surface area contributed by atoms with Crippen LogP contribution >= 0.6 is 31.9 Å². The molecule has 1 aliphatic carbocycles. The van der Waals surface area contributed by atoms with Gasteiger partial charge in [-0.05, 0) is 17.5 Å². The number of hydrogen-bond acceptors (Lipinski definition) is 1. The van der Waals surface area contributed by atoms with Gasteiger partial charge in [0.2, 0.25) is 0 Å². The first-order chi connectivity index (χ1) is 7.04. The van der Waals surface area contributed by atoms with Crippen molar-refractivity contribution in [3.63, 3.8) is 0 Å².